The first-order valence-corrected chi connectivity index (χ1v) is 10.1. The number of rotatable bonds is 7. The second-order valence-corrected chi connectivity index (χ2v) is 8.45. The van der Waals surface area contributed by atoms with Gasteiger partial charge in [0.1, 0.15) is 5.82 Å². The maximum atomic E-state index is 12.9. The van der Waals surface area contributed by atoms with Crippen molar-refractivity contribution in [1.29, 1.82) is 0 Å². The van der Waals surface area contributed by atoms with Crippen molar-refractivity contribution in [2.75, 3.05) is 6.54 Å². The van der Waals surface area contributed by atoms with Crippen LogP contribution in [0.25, 0.3) is 0 Å². The summed E-state index contributed by atoms with van der Waals surface area (Å²) >= 11 is 1.58. The van der Waals surface area contributed by atoms with E-state index in [1.807, 2.05) is 24.4 Å². The Morgan fingerprint density at radius 3 is 2.48 bits per heavy atom. The average molecular weight is 376 g/mol. The van der Waals surface area contributed by atoms with E-state index >= 15 is 0 Å². The molecule has 3 rings (SSSR count). The Morgan fingerprint density at radius 2 is 1.76 bits per heavy atom. The Bertz CT molecular complexity index is 923. The Labute approximate surface area is 150 Å². The van der Waals surface area contributed by atoms with E-state index in [4.69, 9.17) is 0 Å². The van der Waals surface area contributed by atoms with Gasteiger partial charge in [-0.2, -0.15) is 0 Å². The van der Waals surface area contributed by atoms with Gasteiger partial charge < -0.3 is 0 Å². The quantitative estimate of drug-likeness (QED) is 0.688. The highest BCUT2D eigenvalue weighted by Crippen LogP contribution is 2.18. The van der Waals surface area contributed by atoms with Crippen molar-refractivity contribution in [3.8, 4) is 0 Å². The van der Waals surface area contributed by atoms with Gasteiger partial charge in [0.2, 0.25) is 10.0 Å². The maximum absolute atomic E-state index is 12.9. The molecule has 0 amide bonds. The normalized spacial score (nSPS) is 11.6. The van der Waals surface area contributed by atoms with E-state index in [2.05, 4.69) is 21.8 Å². The van der Waals surface area contributed by atoms with E-state index in [9.17, 15) is 12.8 Å². The molecule has 0 aliphatic carbocycles. The molecule has 0 saturated carbocycles. The number of halogens is 1. The van der Waals surface area contributed by atoms with Crippen molar-refractivity contribution in [3.63, 3.8) is 0 Å². The summed E-state index contributed by atoms with van der Waals surface area (Å²) in [6.45, 7) is 0.248. The Morgan fingerprint density at radius 1 is 1.04 bits per heavy atom. The summed E-state index contributed by atoms with van der Waals surface area (Å²) in [5.41, 5.74) is 1.22. The summed E-state index contributed by atoms with van der Waals surface area (Å²) in [6, 6.07) is 14.9. The number of nitrogens with one attached hydrogen (secondary N) is 1. The summed E-state index contributed by atoms with van der Waals surface area (Å²) in [5, 5.41) is 0.882. The van der Waals surface area contributed by atoms with Gasteiger partial charge >= 0.3 is 0 Å². The fraction of sp³-hybridized carbons (Fsp3) is 0.167. The molecule has 0 fully saturated rings. The summed E-state index contributed by atoms with van der Waals surface area (Å²) in [4.78, 5) is 5.55. The number of sulfonamides is 1. The highest BCUT2D eigenvalue weighted by molar-refractivity contribution is 7.89. The second kappa shape index (κ2) is 7.86. The van der Waals surface area contributed by atoms with Crippen LogP contribution in [-0.4, -0.2) is 19.9 Å². The van der Waals surface area contributed by atoms with E-state index in [0.717, 1.165) is 28.4 Å². The van der Waals surface area contributed by atoms with Gasteiger partial charge in [-0.05, 0) is 29.8 Å². The fourth-order valence-corrected chi connectivity index (χ4v) is 4.32. The number of benzene rings is 2. The van der Waals surface area contributed by atoms with Gasteiger partial charge in [0.25, 0.3) is 0 Å². The minimum absolute atomic E-state index is 0.0535. The van der Waals surface area contributed by atoms with Crippen LogP contribution < -0.4 is 4.72 Å². The van der Waals surface area contributed by atoms with E-state index < -0.39 is 15.8 Å². The smallest absolute Gasteiger partial charge is 0.240 e. The van der Waals surface area contributed by atoms with Crippen LogP contribution in [0.3, 0.4) is 0 Å². The zero-order valence-corrected chi connectivity index (χ0v) is 15.0. The summed E-state index contributed by atoms with van der Waals surface area (Å²) in [5.74, 6) is -0.465. The first kappa shape index (κ1) is 17.7. The molecule has 0 atom stereocenters. The van der Waals surface area contributed by atoms with Crippen LogP contribution in [0, 0.1) is 5.82 Å². The Kier molecular flexibility index (Phi) is 5.57. The lowest BCUT2D eigenvalue weighted by Gasteiger charge is -2.05. The Balaban J connectivity index is 1.55. The summed E-state index contributed by atoms with van der Waals surface area (Å²) in [7, 11) is -3.63. The van der Waals surface area contributed by atoms with E-state index in [1.165, 1.54) is 17.7 Å². The standard InChI is InChI=1S/C18H17FN2O2S2/c19-15-6-8-17(9-7-15)25(22,23)21-11-10-18-20-13-16(24-18)12-14-4-2-1-3-5-14/h1-9,13,21H,10-12H2. The first-order chi connectivity index (χ1) is 12.0. The number of aromatic nitrogens is 1. The van der Waals surface area contributed by atoms with Crippen molar-refractivity contribution in [2.45, 2.75) is 17.7 Å². The minimum Gasteiger partial charge on any atom is -0.249 e. The first-order valence-electron chi connectivity index (χ1n) is 7.76. The topological polar surface area (TPSA) is 59.1 Å². The molecule has 0 unspecified atom stereocenters. The molecule has 0 aliphatic rings. The number of hydrogen-bond acceptors (Lipinski definition) is 4. The molecular weight excluding hydrogens is 359 g/mol. The molecule has 1 N–H and O–H groups in total. The van der Waals surface area contributed by atoms with Crippen LogP contribution in [-0.2, 0) is 22.9 Å². The molecule has 0 bridgehead atoms. The largest absolute Gasteiger partial charge is 0.249 e. The molecule has 130 valence electrons. The van der Waals surface area contributed by atoms with Crippen molar-refractivity contribution in [1.82, 2.24) is 9.71 Å². The number of thiazole rings is 1. The third-order valence-electron chi connectivity index (χ3n) is 3.58. The third kappa shape index (κ3) is 4.94. The highest BCUT2D eigenvalue weighted by atomic mass is 32.2. The predicted octanol–water partition coefficient (Wildman–Crippen LogP) is 3.39. The van der Waals surface area contributed by atoms with E-state index in [-0.39, 0.29) is 11.4 Å². The molecule has 0 radical (unpaired) electrons. The predicted molar refractivity (Wildman–Crippen MR) is 96.7 cm³/mol. The van der Waals surface area contributed by atoms with Crippen LogP contribution in [0.2, 0.25) is 0 Å². The van der Waals surface area contributed by atoms with Gasteiger partial charge in [-0.1, -0.05) is 30.3 Å². The third-order valence-corrected chi connectivity index (χ3v) is 6.11. The van der Waals surface area contributed by atoms with Crippen molar-refractivity contribution in [3.05, 3.63) is 82.1 Å². The number of nitrogens with zero attached hydrogens (tertiary/aromatic N) is 1. The van der Waals surface area contributed by atoms with Crippen LogP contribution in [0.5, 0.6) is 0 Å². The zero-order chi connectivity index (χ0) is 17.7. The molecule has 2 aromatic carbocycles. The van der Waals surface area contributed by atoms with Gasteiger partial charge in [0.15, 0.2) is 0 Å². The molecular formula is C18H17FN2O2S2. The lowest BCUT2D eigenvalue weighted by molar-refractivity contribution is 0.580. The molecule has 1 heterocycles. The van der Waals surface area contributed by atoms with Gasteiger partial charge in [-0.3, -0.25) is 0 Å². The van der Waals surface area contributed by atoms with Crippen LogP contribution in [0.4, 0.5) is 4.39 Å². The van der Waals surface area contributed by atoms with Crippen molar-refractivity contribution in [2.24, 2.45) is 0 Å². The fourth-order valence-electron chi connectivity index (χ4n) is 2.33. The molecule has 7 heteroatoms. The van der Waals surface area contributed by atoms with E-state index in [1.54, 1.807) is 11.3 Å². The van der Waals surface area contributed by atoms with Crippen LogP contribution >= 0.6 is 11.3 Å². The lowest BCUT2D eigenvalue weighted by atomic mass is 10.1. The van der Waals surface area contributed by atoms with Crippen molar-refractivity contribution >= 4 is 21.4 Å². The molecule has 0 aliphatic heterocycles. The molecule has 0 saturated heterocycles. The molecule has 0 spiro atoms. The summed E-state index contributed by atoms with van der Waals surface area (Å²) in [6.07, 6.45) is 3.17. The second-order valence-electron chi connectivity index (χ2n) is 5.48. The summed E-state index contributed by atoms with van der Waals surface area (Å²) < 4.78 is 39.7. The van der Waals surface area contributed by atoms with Crippen LogP contribution in [0.15, 0.2) is 65.7 Å². The average Bonchev–Trinajstić information content (AvgIpc) is 3.03. The molecule has 25 heavy (non-hydrogen) atoms. The number of hydrogen-bond donors (Lipinski definition) is 1. The molecule has 1 aromatic heterocycles. The van der Waals surface area contributed by atoms with Gasteiger partial charge in [-0.15, -0.1) is 11.3 Å². The van der Waals surface area contributed by atoms with Gasteiger partial charge in [0, 0.05) is 30.5 Å². The highest BCUT2D eigenvalue weighted by Gasteiger charge is 2.13. The lowest BCUT2D eigenvalue weighted by Crippen LogP contribution is -2.25. The molecule has 4 nitrogen and oxygen atoms in total. The SMILES string of the molecule is O=S(=O)(NCCc1ncc(Cc2ccccc2)s1)c1ccc(F)cc1. The minimum atomic E-state index is -3.63. The molecule has 3 aromatic rings. The Hall–Kier alpha value is -2.09. The zero-order valence-electron chi connectivity index (χ0n) is 13.4. The van der Waals surface area contributed by atoms with Crippen LogP contribution in [0.1, 0.15) is 15.4 Å². The monoisotopic (exact) mass is 376 g/mol. The van der Waals surface area contributed by atoms with Crippen molar-refractivity contribution < 1.29 is 12.8 Å². The van der Waals surface area contributed by atoms with Gasteiger partial charge in [0.05, 0.1) is 9.90 Å². The van der Waals surface area contributed by atoms with E-state index in [0.29, 0.717) is 6.42 Å². The maximum Gasteiger partial charge on any atom is 0.240 e. The van der Waals surface area contributed by atoms with Gasteiger partial charge in [-0.25, -0.2) is 22.5 Å².